The zero-order valence-corrected chi connectivity index (χ0v) is 23.3. The third kappa shape index (κ3) is 5.16. The van der Waals surface area contributed by atoms with Gasteiger partial charge in [0.25, 0.3) is 5.78 Å². The summed E-state index contributed by atoms with van der Waals surface area (Å²) in [6, 6.07) is 15.4. The number of aliphatic hydroxyl groups is 1. The van der Waals surface area contributed by atoms with E-state index >= 15 is 0 Å². The fourth-order valence-electron chi connectivity index (χ4n) is 4.61. The number of ketones is 1. The van der Waals surface area contributed by atoms with Crippen LogP contribution in [0, 0.1) is 12.7 Å². The van der Waals surface area contributed by atoms with Crippen molar-refractivity contribution in [2.24, 2.45) is 0 Å². The van der Waals surface area contributed by atoms with Crippen molar-refractivity contribution in [3.8, 4) is 11.5 Å². The number of anilines is 1. The number of aryl methyl sites for hydroxylation is 1. The van der Waals surface area contributed by atoms with E-state index in [1.165, 1.54) is 23.1 Å². The van der Waals surface area contributed by atoms with Crippen molar-refractivity contribution < 1.29 is 28.6 Å². The van der Waals surface area contributed by atoms with Crippen LogP contribution in [0.1, 0.15) is 49.4 Å². The summed E-state index contributed by atoms with van der Waals surface area (Å²) in [5, 5.41) is 11.6. The van der Waals surface area contributed by atoms with E-state index in [-0.39, 0.29) is 16.5 Å². The van der Waals surface area contributed by atoms with Crippen LogP contribution < -0.4 is 14.4 Å². The molecule has 1 fully saturated rings. The largest absolute Gasteiger partial charge is 0.507 e. The van der Waals surface area contributed by atoms with Crippen molar-refractivity contribution >= 4 is 44.1 Å². The maximum atomic E-state index is 13.9. The van der Waals surface area contributed by atoms with Crippen molar-refractivity contribution in [2.75, 3.05) is 18.1 Å². The lowest BCUT2D eigenvalue weighted by molar-refractivity contribution is -0.132. The molecule has 40 heavy (non-hydrogen) atoms. The molecule has 0 bridgehead atoms. The van der Waals surface area contributed by atoms with Crippen LogP contribution in [-0.2, 0) is 9.59 Å². The Balaban J connectivity index is 1.69. The molecule has 1 saturated heterocycles. The second-order valence-electron chi connectivity index (χ2n) is 9.48. The van der Waals surface area contributed by atoms with Crippen LogP contribution in [0.4, 0.5) is 9.52 Å². The molecule has 0 spiro atoms. The Hall–Kier alpha value is -4.24. The first-order valence-electron chi connectivity index (χ1n) is 13.2. The number of fused-ring (bicyclic) bond motifs is 1. The van der Waals surface area contributed by atoms with Gasteiger partial charge in [0.1, 0.15) is 11.6 Å². The third-order valence-corrected chi connectivity index (χ3v) is 7.67. The number of aliphatic hydroxyl groups excluding tert-OH is 1. The van der Waals surface area contributed by atoms with Gasteiger partial charge in [0.05, 0.1) is 35.0 Å². The number of hydrogen-bond acceptors (Lipinski definition) is 7. The number of nitrogens with zero attached hydrogens (tertiary/aromatic N) is 2. The van der Waals surface area contributed by atoms with Gasteiger partial charge in [-0.3, -0.25) is 14.5 Å². The molecule has 1 aromatic heterocycles. The summed E-state index contributed by atoms with van der Waals surface area (Å²) >= 11 is 1.10. The summed E-state index contributed by atoms with van der Waals surface area (Å²) in [6.45, 7) is 6.73. The molecule has 2 heterocycles. The summed E-state index contributed by atoms with van der Waals surface area (Å²) in [7, 11) is 0. The summed E-state index contributed by atoms with van der Waals surface area (Å²) in [5.41, 5.74) is 2.35. The molecule has 7 nitrogen and oxygen atoms in total. The minimum absolute atomic E-state index is 0.0682. The van der Waals surface area contributed by atoms with Crippen LogP contribution in [0.15, 0.2) is 66.2 Å². The fourth-order valence-corrected chi connectivity index (χ4v) is 5.63. The maximum Gasteiger partial charge on any atom is 0.301 e. The van der Waals surface area contributed by atoms with E-state index in [2.05, 4.69) is 11.9 Å². The second-order valence-corrected chi connectivity index (χ2v) is 10.5. The van der Waals surface area contributed by atoms with Crippen molar-refractivity contribution in [3.63, 3.8) is 0 Å². The predicted molar refractivity (Wildman–Crippen MR) is 154 cm³/mol. The van der Waals surface area contributed by atoms with Crippen LogP contribution >= 0.6 is 11.3 Å². The van der Waals surface area contributed by atoms with Gasteiger partial charge in [0.2, 0.25) is 0 Å². The number of amides is 1. The van der Waals surface area contributed by atoms with Gasteiger partial charge >= 0.3 is 5.91 Å². The first-order valence-corrected chi connectivity index (χ1v) is 14.0. The lowest BCUT2D eigenvalue weighted by atomic mass is 9.95. The van der Waals surface area contributed by atoms with E-state index in [1.54, 1.807) is 30.3 Å². The summed E-state index contributed by atoms with van der Waals surface area (Å²) < 4.78 is 26.3. The van der Waals surface area contributed by atoms with E-state index in [9.17, 15) is 19.1 Å². The zero-order chi connectivity index (χ0) is 28.4. The third-order valence-electron chi connectivity index (χ3n) is 6.65. The molecule has 0 aliphatic carbocycles. The quantitative estimate of drug-likeness (QED) is 0.103. The molecule has 0 radical (unpaired) electrons. The van der Waals surface area contributed by atoms with Crippen LogP contribution in [0.2, 0.25) is 0 Å². The average Bonchev–Trinajstić information content (AvgIpc) is 3.47. The van der Waals surface area contributed by atoms with Gasteiger partial charge in [0, 0.05) is 5.56 Å². The number of rotatable bonds is 9. The highest BCUT2D eigenvalue weighted by atomic mass is 32.1. The predicted octanol–water partition coefficient (Wildman–Crippen LogP) is 6.95. The van der Waals surface area contributed by atoms with Gasteiger partial charge < -0.3 is 14.6 Å². The molecule has 206 valence electrons. The topological polar surface area (TPSA) is 89.0 Å². The number of thiazole rings is 1. The molecule has 4 aromatic rings. The first kappa shape index (κ1) is 27.3. The highest BCUT2D eigenvalue weighted by Gasteiger charge is 2.48. The molecule has 0 saturated carbocycles. The molecule has 9 heteroatoms. The number of unbranched alkanes of at least 4 members (excludes halogenated alkanes) is 1. The average molecular weight is 561 g/mol. The molecule has 1 aliphatic heterocycles. The molecule has 1 aliphatic rings. The van der Waals surface area contributed by atoms with Gasteiger partial charge in [-0.1, -0.05) is 60.6 Å². The van der Waals surface area contributed by atoms with Crippen molar-refractivity contribution in [2.45, 2.75) is 39.7 Å². The second kappa shape index (κ2) is 11.5. The molecule has 1 atom stereocenters. The van der Waals surface area contributed by atoms with Gasteiger partial charge in [-0.15, -0.1) is 0 Å². The number of benzene rings is 3. The Morgan fingerprint density at radius 2 is 1.80 bits per heavy atom. The molecular weight excluding hydrogens is 531 g/mol. The molecule has 3 aromatic carbocycles. The Bertz CT molecular complexity index is 1610. The van der Waals surface area contributed by atoms with Gasteiger partial charge in [-0.25, -0.2) is 9.37 Å². The Labute approximate surface area is 235 Å². The Kier molecular flexibility index (Phi) is 7.84. The molecule has 5 rings (SSSR count). The normalized spacial score (nSPS) is 16.6. The van der Waals surface area contributed by atoms with Gasteiger partial charge in [-0.2, -0.15) is 0 Å². The van der Waals surface area contributed by atoms with Gasteiger partial charge in [-0.05, 0) is 56.2 Å². The lowest BCUT2D eigenvalue weighted by Gasteiger charge is -2.24. The number of hydrogen-bond donors (Lipinski definition) is 1. The van der Waals surface area contributed by atoms with Crippen molar-refractivity contribution in [1.29, 1.82) is 0 Å². The number of carbonyl (C=O) groups excluding carboxylic acids is 2. The van der Waals surface area contributed by atoms with Crippen LogP contribution in [0.25, 0.3) is 16.0 Å². The standard InChI is InChI=1S/C31H29FN2O5S/c1-4-6-15-39-23-14-11-20(16-24(23)38-5-2)27-26(28(35)19-9-7-18(3)8-10-19)29(36)30(37)34(27)31-33-22-13-12-21(32)17-25(22)40-31/h7-14,16-17,27,35H,4-6,15H2,1-3H3/b28-26+. The fraction of sp³-hybridized carbons (Fsp3) is 0.258. The highest BCUT2D eigenvalue weighted by Crippen LogP contribution is 2.46. The highest BCUT2D eigenvalue weighted by molar-refractivity contribution is 7.22. The molecule has 1 unspecified atom stereocenters. The zero-order valence-electron chi connectivity index (χ0n) is 22.4. The van der Waals surface area contributed by atoms with E-state index in [1.807, 2.05) is 26.0 Å². The summed E-state index contributed by atoms with van der Waals surface area (Å²) in [5.74, 6) is -1.39. The summed E-state index contributed by atoms with van der Waals surface area (Å²) in [6.07, 6.45) is 1.85. The van der Waals surface area contributed by atoms with Crippen LogP contribution in [0.3, 0.4) is 0 Å². The monoisotopic (exact) mass is 560 g/mol. The summed E-state index contributed by atoms with van der Waals surface area (Å²) in [4.78, 5) is 32.9. The van der Waals surface area contributed by atoms with E-state index in [4.69, 9.17) is 9.47 Å². The van der Waals surface area contributed by atoms with E-state index in [0.717, 1.165) is 29.7 Å². The van der Waals surface area contributed by atoms with Crippen molar-refractivity contribution in [1.82, 2.24) is 4.98 Å². The number of carbonyl (C=O) groups is 2. The van der Waals surface area contributed by atoms with E-state index in [0.29, 0.717) is 46.1 Å². The molecular formula is C31H29FN2O5S. The number of aromatic nitrogens is 1. The smallest absolute Gasteiger partial charge is 0.301 e. The maximum absolute atomic E-state index is 13.9. The molecule has 1 N–H and O–H groups in total. The number of halogens is 1. The van der Waals surface area contributed by atoms with Crippen LogP contribution in [0.5, 0.6) is 11.5 Å². The minimum Gasteiger partial charge on any atom is -0.507 e. The van der Waals surface area contributed by atoms with Crippen molar-refractivity contribution in [3.05, 3.63) is 88.7 Å². The molecule has 1 amide bonds. The van der Waals surface area contributed by atoms with E-state index < -0.39 is 23.5 Å². The number of ether oxygens (including phenoxy) is 2. The Morgan fingerprint density at radius 3 is 2.52 bits per heavy atom. The Morgan fingerprint density at radius 1 is 1.02 bits per heavy atom. The SMILES string of the molecule is CCCCOc1ccc(C2/C(=C(\O)c3ccc(C)cc3)C(=O)C(=O)N2c2nc3ccc(F)cc3s2)cc1OCC. The van der Waals surface area contributed by atoms with Crippen LogP contribution in [-0.4, -0.2) is 35.0 Å². The first-order chi connectivity index (χ1) is 19.3. The van der Waals surface area contributed by atoms with Gasteiger partial charge in [0.15, 0.2) is 16.6 Å². The lowest BCUT2D eigenvalue weighted by Crippen LogP contribution is -2.29. The minimum atomic E-state index is -1.00. The number of Topliss-reactive ketones (excluding diaryl/α,β-unsaturated/α-hetero) is 1.